The number of hydrogen-bond donors (Lipinski definition) is 0. The summed E-state index contributed by atoms with van der Waals surface area (Å²) in [6.45, 7) is 4.52. The van der Waals surface area contributed by atoms with E-state index in [0.29, 0.717) is 11.9 Å². The third kappa shape index (κ3) is 2.64. The average Bonchev–Trinajstić information content (AvgIpc) is 3.17. The Bertz CT molecular complexity index is 630. The van der Waals surface area contributed by atoms with Gasteiger partial charge in [-0.05, 0) is 31.4 Å². The second-order valence-electron chi connectivity index (χ2n) is 6.17. The second-order valence-corrected chi connectivity index (χ2v) is 6.17. The lowest BCUT2D eigenvalue weighted by atomic mass is 9.89. The lowest BCUT2D eigenvalue weighted by Gasteiger charge is -2.39. The number of rotatable bonds is 3. The van der Waals surface area contributed by atoms with Gasteiger partial charge < -0.3 is 9.26 Å². The lowest BCUT2D eigenvalue weighted by molar-refractivity contribution is 0.00843. The van der Waals surface area contributed by atoms with Crippen molar-refractivity contribution in [3.8, 4) is 0 Å². The lowest BCUT2D eigenvalue weighted by Crippen LogP contribution is -2.48. The maximum atomic E-state index is 5.94. The number of ether oxygens (including phenoxy) is 1. The summed E-state index contributed by atoms with van der Waals surface area (Å²) >= 11 is 0. The molecule has 4 heterocycles. The number of aryl methyl sites for hydroxylation is 1. The van der Waals surface area contributed by atoms with E-state index in [4.69, 9.17) is 9.26 Å². The van der Waals surface area contributed by atoms with Crippen LogP contribution in [0, 0.1) is 6.92 Å². The van der Waals surface area contributed by atoms with Crippen LogP contribution in [0.4, 0.5) is 0 Å². The third-order valence-electron chi connectivity index (χ3n) is 4.62. The van der Waals surface area contributed by atoms with E-state index in [1.165, 1.54) is 5.56 Å². The Hall–Kier alpha value is -1.79. The molecular weight excluding hydrogens is 280 g/mol. The van der Waals surface area contributed by atoms with Crippen molar-refractivity contribution >= 4 is 0 Å². The number of nitrogens with zero attached hydrogens (tertiary/aromatic N) is 4. The third-order valence-corrected chi connectivity index (χ3v) is 4.62. The minimum Gasteiger partial charge on any atom is -0.377 e. The first-order valence-corrected chi connectivity index (χ1v) is 7.84. The Labute approximate surface area is 129 Å². The van der Waals surface area contributed by atoms with Crippen LogP contribution in [0.25, 0.3) is 0 Å². The van der Waals surface area contributed by atoms with Crippen LogP contribution in [0.1, 0.15) is 36.0 Å². The van der Waals surface area contributed by atoms with Crippen LogP contribution in [0.5, 0.6) is 0 Å². The topological polar surface area (TPSA) is 64.3 Å². The molecule has 0 spiro atoms. The van der Waals surface area contributed by atoms with Crippen LogP contribution < -0.4 is 0 Å². The molecule has 0 amide bonds. The van der Waals surface area contributed by atoms with Gasteiger partial charge in [-0.2, -0.15) is 4.98 Å². The van der Waals surface area contributed by atoms with Crippen LogP contribution in [0.3, 0.4) is 0 Å². The summed E-state index contributed by atoms with van der Waals surface area (Å²) in [6.07, 6.45) is 6.08. The van der Waals surface area contributed by atoms with Crippen LogP contribution >= 0.6 is 0 Å². The molecule has 116 valence electrons. The largest absolute Gasteiger partial charge is 0.377 e. The van der Waals surface area contributed by atoms with E-state index >= 15 is 0 Å². The molecule has 0 aliphatic carbocycles. The molecule has 2 aromatic rings. The van der Waals surface area contributed by atoms with Crippen molar-refractivity contribution in [1.82, 2.24) is 20.0 Å². The number of piperidine rings is 1. The fraction of sp³-hybridized carbons (Fsp3) is 0.562. The Morgan fingerprint density at radius 3 is 3.14 bits per heavy atom. The van der Waals surface area contributed by atoms with Crippen molar-refractivity contribution in [2.75, 3.05) is 13.2 Å². The minimum atomic E-state index is 0.247. The fourth-order valence-corrected chi connectivity index (χ4v) is 3.62. The van der Waals surface area contributed by atoms with Gasteiger partial charge in [-0.25, -0.2) is 0 Å². The first-order valence-electron chi connectivity index (χ1n) is 7.84. The summed E-state index contributed by atoms with van der Waals surface area (Å²) in [5.41, 5.74) is 1.23. The molecule has 3 atom stereocenters. The van der Waals surface area contributed by atoms with Gasteiger partial charge in [-0.3, -0.25) is 9.88 Å². The molecule has 2 aromatic heterocycles. The number of fused-ring (bicyclic) bond motifs is 1. The highest BCUT2D eigenvalue weighted by Gasteiger charge is 2.42. The van der Waals surface area contributed by atoms with Gasteiger partial charge in [-0.15, -0.1) is 0 Å². The fourth-order valence-electron chi connectivity index (χ4n) is 3.62. The predicted octanol–water partition coefficient (Wildman–Crippen LogP) is 1.92. The molecular formula is C16H20N4O2. The Kier molecular flexibility index (Phi) is 3.63. The summed E-state index contributed by atoms with van der Waals surface area (Å²) < 4.78 is 11.3. The van der Waals surface area contributed by atoms with E-state index in [1.807, 2.05) is 25.4 Å². The number of hydrogen-bond acceptors (Lipinski definition) is 6. The van der Waals surface area contributed by atoms with Gasteiger partial charge in [0.2, 0.25) is 5.89 Å². The molecule has 2 aliphatic heterocycles. The van der Waals surface area contributed by atoms with Gasteiger partial charge in [0.25, 0.3) is 0 Å². The Balaban J connectivity index is 1.55. The van der Waals surface area contributed by atoms with Crippen LogP contribution in [-0.4, -0.2) is 45.3 Å². The number of aromatic nitrogens is 3. The molecule has 0 saturated carbocycles. The van der Waals surface area contributed by atoms with Crippen LogP contribution in [-0.2, 0) is 11.3 Å². The van der Waals surface area contributed by atoms with Crippen molar-refractivity contribution in [3.63, 3.8) is 0 Å². The van der Waals surface area contributed by atoms with Crippen molar-refractivity contribution < 1.29 is 9.26 Å². The predicted molar refractivity (Wildman–Crippen MR) is 79.2 cm³/mol. The average molecular weight is 300 g/mol. The second kappa shape index (κ2) is 5.78. The molecule has 2 saturated heterocycles. The van der Waals surface area contributed by atoms with Crippen molar-refractivity contribution in [2.45, 2.75) is 44.4 Å². The molecule has 0 aromatic carbocycles. The summed E-state index contributed by atoms with van der Waals surface area (Å²) in [5, 5.41) is 3.93. The van der Waals surface area contributed by atoms with E-state index in [2.05, 4.69) is 26.1 Å². The maximum Gasteiger partial charge on any atom is 0.231 e. The molecule has 0 unspecified atom stereocenters. The SMILES string of the molecule is Cc1noc([C@@H]2C[C@H]3OCC[C@H]3N(Cc3cccnc3)C2)n1. The summed E-state index contributed by atoms with van der Waals surface area (Å²) in [7, 11) is 0. The minimum absolute atomic E-state index is 0.247. The van der Waals surface area contributed by atoms with Gasteiger partial charge in [-0.1, -0.05) is 11.2 Å². The number of pyridine rings is 1. The van der Waals surface area contributed by atoms with E-state index in [9.17, 15) is 0 Å². The molecule has 22 heavy (non-hydrogen) atoms. The molecule has 4 rings (SSSR count). The Morgan fingerprint density at radius 2 is 2.36 bits per heavy atom. The monoisotopic (exact) mass is 300 g/mol. The van der Waals surface area contributed by atoms with Gasteiger partial charge in [0.15, 0.2) is 5.82 Å². The first kappa shape index (κ1) is 13.8. The molecule has 6 nitrogen and oxygen atoms in total. The molecule has 0 radical (unpaired) electrons. The van der Waals surface area contributed by atoms with Gasteiger partial charge in [0.05, 0.1) is 12.0 Å². The maximum absolute atomic E-state index is 5.94. The normalized spacial score (nSPS) is 28.7. The molecule has 2 aliphatic rings. The molecule has 0 bridgehead atoms. The highest BCUT2D eigenvalue weighted by molar-refractivity contribution is 5.11. The van der Waals surface area contributed by atoms with E-state index < -0.39 is 0 Å². The van der Waals surface area contributed by atoms with Gasteiger partial charge >= 0.3 is 0 Å². The first-order chi connectivity index (χ1) is 10.8. The van der Waals surface area contributed by atoms with E-state index in [1.54, 1.807) is 0 Å². The van der Waals surface area contributed by atoms with Crippen molar-refractivity contribution in [2.24, 2.45) is 0 Å². The standard InChI is InChI=1S/C16H20N4O2/c1-11-18-16(22-19-11)13-7-15-14(4-6-21-15)20(10-13)9-12-3-2-5-17-8-12/h2-3,5,8,13-15H,4,6-7,9-10H2,1H3/t13-,14-,15-/m1/s1. The van der Waals surface area contributed by atoms with Crippen LogP contribution in [0.2, 0.25) is 0 Å². The summed E-state index contributed by atoms with van der Waals surface area (Å²) in [4.78, 5) is 11.1. The van der Waals surface area contributed by atoms with Crippen LogP contribution in [0.15, 0.2) is 29.0 Å². The summed E-state index contributed by atoms with van der Waals surface area (Å²) in [6, 6.07) is 4.60. The smallest absolute Gasteiger partial charge is 0.231 e. The van der Waals surface area contributed by atoms with E-state index in [-0.39, 0.29) is 12.0 Å². The highest BCUT2D eigenvalue weighted by Crippen LogP contribution is 2.36. The van der Waals surface area contributed by atoms with E-state index in [0.717, 1.165) is 38.4 Å². The zero-order valence-electron chi connectivity index (χ0n) is 12.7. The Morgan fingerprint density at radius 1 is 1.41 bits per heavy atom. The number of likely N-dealkylation sites (tertiary alicyclic amines) is 1. The molecule has 0 N–H and O–H groups in total. The van der Waals surface area contributed by atoms with Gasteiger partial charge in [0.1, 0.15) is 0 Å². The summed E-state index contributed by atoms with van der Waals surface area (Å²) in [5.74, 6) is 1.68. The van der Waals surface area contributed by atoms with Gasteiger partial charge in [0, 0.05) is 38.1 Å². The zero-order chi connectivity index (χ0) is 14.9. The highest BCUT2D eigenvalue weighted by atomic mass is 16.5. The molecule has 2 fully saturated rings. The van der Waals surface area contributed by atoms with Crippen molar-refractivity contribution in [3.05, 3.63) is 41.8 Å². The zero-order valence-corrected chi connectivity index (χ0v) is 12.7. The molecule has 6 heteroatoms. The van der Waals surface area contributed by atoms with Crippen molar-refractivity contribution in [1.29, 1.82) is 0 Å². The quantitative estimate of drug-likeness (QED) is 0.863.